The van der Waals surface area contributed by atoms with Crippen LogP contribution >= 0.6 is 0 Å². The average molecular weight is 384 g/mol. The normalized spacial score (nSPS) is 20.0. The molecule has 1 N–H and O–H groups in total. The maximum absolute atomic E-state index is 12.5. The number of aryl methyl sites for hydroxylation is 1. The summed E-state index contributed by atoms with van der Waals surface area (Å²) in [6, 6.07) is 7.58. The highest BCUT2D eigenvalue weighted by Crippen LogP contribution is 2.20. The van der Waals surface area contributed by atoms with Crippen molar-refractivity contribution >= 4 is 16.1 Å². The van der Waals surface area contributed by atoms with Crippen molar-refractivity contribution in [2.75, 3.05) is 33.8 Å². The third-order valence-electron chi connectivity index (χ3n) is 4.45. The zero-order chi connectivity index (χ0) is 19.3. The molecule has 2 unspecified atom stereocenters. The highest BCUT2D eigenvalue weighted by Gasteiger charge is 2.33. The van der Waals surface area contributed by atoms with E-state index in [1.165, 1.54) is 22.7 Å². The third kappa shape index (κ3) is 5.43. The van der Waals surface area contributed by atoms with Gasteiger partial charge in [-0.05, 0) is 38.8 Å². The molecule has 0 radical (unpaired) electrons. The van der Waals surface area contributed by atoms with E-state index in [1.54, 1.807) is 0 Å². The van der Waals surface area contributed by atoms with Crippen LogP contribution in [0.25, 0.3) is 0 Å². The molecule has 2 atom stereocenters. The summed E-state index contributed by atoms with van der Waals surface area (Å²) >= 11 is 0. The van der Waals surface area contributed by atoms with Gasteiger partial charge in [0.15, 0.2) is 0 Å². The summed E-state index contributed by atoms with van der Waals surface area (Å²) in [7, 11) is -0.476. The number of hydrogen-bond donors (Lipinski definition) is 1. The van der Waals surface area contributed by atoms with Crippen LogP contribution in [0.3, 0.4) is 0 Å². The summed E-state index contributed by atoms with van der Waals surface area (Å²) in [5.41, 5.74) is 1.16. The summed E-state index contributed by atoms with van der Waals surface area (Å²) in [4.78, 5) is 12.5. The molecule has 1 aromatic carbocycles. The van der Waals surface area contributed by atoms with E-state index < -0.39 is 10.2 Å². The van der Waals surface area contributed by atoms with E-state index in [9.17, 15) is 13.2 Å². The molecule has 26 heavy (non-hydrogen) atoms. The van der Waals surface area contributed by atoms with Crippen molar-refractivity contribution in [3.8, 4) is 5.75 Å². The Kier molecular flexibility index (Phi) is 7.02. The standard InChI is InChI=1S/C18H29N3O4S/c1-14-7-9-17(10-8-14)25-13-15(2)19-18(22)16-6-5-11-21(12-16)26(23,24)20(3)4/h7-10,15-16H,5-6,11-13H2,1-4H3,(H,19,22). The van der Waals surface area contributed by atoms with Gasteiger partial charge in [-0.3, -0.25) is 4.79 Å². The molecule has 7 nitrogen and oxygen atoms in total. The molecule has 1 fully saturated rings. The van der Waals surface area contributed by atoms with E-state index in [2.05, 4.69) is 5.32 Å². The van der Waals surface area contributed by atoms with Crippen molar-refractivity contribution in [1.82, 2.24) is 13.9 Å². The molecule has 1 amide bonds. The van der Waals surface area contributed by atoms with Crippen LogP contribution in [0.2, 0.25) is 0 Å². The van der Waals surface area contributed by atoms with Crippen molar-refractivity contribution in [3.63, 3.8) is 0 Å². The largest absolute Gasteiger partial charge is 0.491 e. The Morgan fingerprint density at radius 3 is 2.62 bits per heavy atom. The van der Waals surface area contributed by atoms with Crippen molar-refractivity contribution in [1.29, 1.82) is 0 Å². The Labute approximate surface area is 156 Å². The van der Waals surface area contributed by atoms with Crippen LogP contribution in [-0.4, -0.2) is 62.8 Å². The first-order chi connectivity index (χ1) is 12.2. The minimum Gasteiger partial charge on any atom is -0.491 e. The first-order valence-corrected chi connectivity index (χ1v) is 10.3. The van der Waals surface area contributed by atoms with Crippen LogP contribution in [0.15, 0.2) is 24.3 Å². The predicted molar refractivity (Wildman–Crippen MR) is 101 cm³/mol. The number of nitrogens with zero attached hydrogens (tertiary/aromatic N) is 2. The first kappa shape index (κ1) is 20.7. The number of ether oxygens (including phenoxy) is 1. The molecular weight excluding hydrogens is 354 g/mol. The van der Waals surface area contributed by atoms with Gasteiger partial charge in [0, 0.05) is 27.2 Å². The van der Waals surface area contributed by atoms with Gasteiger partial charge in [-0.1, -0.05) is 17.7 Å². The van der Waals surface area contributed by atoms with Crippen molar-refractivity contribution in [2.24, 2.45) is 5.92 Å². The Morgan fingerprint density at radius 2 is 2.00 bits per heavy atom. The van der Waals surface area contributed by atoms with Gasteiger partial charge in [-0.2, -0.15) is 17.0 Å². The Balaban J connectivity index is 1.85. The number of piperidine rings is 1. The van der Waals surface area contributed by atoms with Crippen LogP contribution in [0.1, 0.15) is 25.3 Å². The molecule has 0 aliphatic carbocycles. The maximum Gasteiger partial charge on any atom is 0.281 e. The number of hydrogen-bond acceptors (Lipinski definition) is 4. The van der Waals surface area contributed by atoms with Gasteiger partial charge >= 0.3 is 0 Å². The lowest BCUT2D eigenvalue weighted by atomic mass is 9.98. The van der Waals surface area contributed by atoms with Gasteiger partial charge in [0.2, 0.25) is 5.91 Å². The second-order valence-electron chi connectivity index (χ2n) is 7.02. The van der Waals surface area contributed by atoms with Crippen molar-refractivity contribution < 1.29 is 17.9 Å². The number of carbonyl (C=O) groups is 1. The highest BCUT2D eigenvalue weighted by atomic mass is 32.2. The number of amides is 1. The summed E-state index contributed by atoms with van der Waals surface area (Å²) in [5.74, 6) is 0.307. The zero-order valence-corrected chi connectivity index (χ0v) is 16.8. The van der Waals surface area contributed by atoms with Gasteiger partial charge in [0.05, 0.1) is 12.0 Å². The first-order valence-electron chi connectivity index (χ1n) is 8.87. The van der Waals surface area contributed by atoms with Crippen LogP contribution in [-0.2, 0) is 15.0 Å². The zero-order valence-electron chi connectivity index (χ0n) is 15.9. The second-order valence-corrected chi connectivity index (χ2v) is 9.16. The average Bonchev–Trinajstić information content (AvgIpc) is 2.61. The number of carbonyl (C=O) groups excluding carboxylic acids is 1. The lowest BCUT2D eigenvalue weighted by Gasteiger charge is -2.33. The Hall–Kier alpha value is -1.64. The quantitative estimate of drug-likeness (QED) is 0.772. The number of benzene rings is 1. The molecule has 1 aromatic rings. The number of nitrogens with one attached hydrogen (secondary N) is 1. The monoisotopic (exact) mass is 383 g/mol. The SMILES string of the molecule is Cc1ccc(OCC(C)NC(=O)C2CCCN(S(=O)(=O)N(C)C)C2)cc1. The van der Waals surface area contributed by atoms with Crippen molar-refractivity contribution in [2.45, 2.75) is 32.7 Å². The molecule has 1 aliphatic heterocycles. The number of rotatable bonds is 7. The van der Waals surface area contributed by atoms with Gasteiger partial charge in [-0.25, -0.2) is 0 Å². The Morgan fingerprint density at radius 1 is 1.35 bits per heavy atom. The molecular formula is C18H29N3O4S. The molecule has 0 bridgehead atoms. The Bertz CT molecular complexity index is 704. The lowest BCUT2D eigenvalue weighted by Crippen LogP contribution is -2.50. The molecule has 0 aromatic heterocycles. The fourth-order valence-corrected chi connectivity index (χ4v) is 4.05. The molecule has 1 aliphatic rings. The van der Waals surface area contributed by atoms with E-state index in [0.29, 0.717) is 26.0 Å². The molecule has 0 spiro atoms. The summed E-state index contributed by atoms with van der Waals surface area (Å²) in [6.07, 6.45) is 1.37. The fourth-order valence-electron chi connectivity index (χ4n) is 2.86. The third-order valence-corrected chi connectivity index (χ3v) is 6.36. The van der Waals surface area contributed by atoms with Gasteiger partial charge in [0.25, 0.3) is 10.2 Å². The van der Waals surface area contributed by atoms with Gasteiger partial charge in [-0.15, -0.1) is 0 Å². The lowest BCUT2D eigenvalue weighted by molar-refractivity contribution is -0.126. The second kappa shape index (κ2) is 8.83. The minimum atomic E-state index is -3.48. The van der Waals surface area contributed by atoms with E-state index in [0.717, 1.165) is 11.3 Å². The smallest absolute Gasteiger partial charge is 0.281 e. The predicted octanol–water partition coefficient (Wildman–Crippen LogP) is 1.40. The van der Waals surface area contributed by atoms with Gasteiger partial charge in [0.1, 0.15) is 12.4 Å². The fraction of sp³-hybridized carbons (Fsp3) is 0.611. The summed E-state index contributed by atoms with van der Waals surface area (Å²) in [5, 5.41) is 2.93. The topological polar surface area (TPSA) is 79.0 Å². The van der Waals surface area contributed by atoms with E-state index in [1.807, 2.05) is 38.1 Å². The minimum absolute atomic E-state index is 0.122. The molecule has 1 saturated heterocycles. The van der Waals surface area contributed by atoms with E-state index in [-0.39, 0.29) is 24.4 Å². The molecule has 1 heterocycles. The van der Waals surface area contributed by atoms with Crippen LogP contribution in [0.4, 0.5) is 0 Å². The molecule has 146 valence electrons. The maximum atomic E-state index is 12.5. The molecule has 8 heteroatoms. The van der Waals surface area contributed by atoms with E-state index in [4.69, 9.17) is 4.74 Å². The summed E-state index contributed by atoms with van der Waals surface area (Å²) in [6.45, 7) is 4.93. The van der Waals surface area contributed by atoms with Crippen LogP contribution in [0, 0.1) is 12.8 Å². The van der Waals surface area contributed by atoms with E-state index >= 15 is 0 Å². The highest BCUT2D eigenvalue weighted by molar-refractivity contribution is 7.86. The molecule has 2 rings (SSSR count). The van der Waals surface area contributed by atoms with Crippen LogP contribution < -0.4 is 10.1 Å². The summed E-state index contributed by atoms with van der Waals surface area (Å²) < 4.78 is 32.8. The molecule has 0 saturated carbocycles. The van der Waals surface area contributed by atoms with Crippen molar-refractivity contribution in [3.05, 3.63) is 29.8 Å². The van der Waals surface area contributed by atoms with Crippen LogP contribution in [0.5, 0.6) is 5.75 Å². The van der Waals surface area contributed by atoms with Gasteiger partial charge < -0.3 is 10.1 Å².